The highest BCUT2D eigenvalue weighted by Crippen LogP contribution is 2.28. The van der Waals surface area contributed by atoms with E-state index in [9.17, 15) is 9.59 Å². The average molecular weight is 277 g/mol. The SMILES string of the molecule is COC(=O)c1cccc(C2CCN(C(=O)OC)CC2)c1. The zero-order valence-corrected chi connectivity index (χ0v) is 11.8. The number of hydrogen-bond donors (Lipinski definition) is 0. The zero-order valence-electron chi connectivity index (χ0n) is 11.8. The van der Waals surface area contributed by atoms with Crippen molar-refractivity contribution in [3.63, 3.8) is 0 Å². The van der Waals surface area contributed by atoms with Gasteiger partial charge in [-0.15, -0.1) is 0 Å². The Kier molecular flexibility index (Phi) is 4.61. The Labute approximate surface area is 118 Å². The molecule has 20 heavy (non-hydrogen) atoms. The van der Waals surface area contributed by atoms with Crippen LogP contribution in [0.3, 0.4) is 0 Å². The molecule has 0 aromatic heterocycles. The molecule has 5 nitrogen and oxygen atoms in total. The minimum atomic E-state index is -0.321. The quantitative estimate of drug-likeness (QED) is 0.779. The number of likely N-dealkylation sites (tertiary alicyclic amines) is 1. The van der Waals surface area contributed by atoms with Gasteiger partial charge < -0.3 is 14.4 Å². The second-order valence-corrected chi connectivity index (χ2v) is 4.85. The molecule has 1 aliphatic rings. The Balaban J connectivity index is 2.03. The number of ether oxygens (including phenoxy) is 2. The molecular formula is C15H19NO4. The zero-order chi connectivity index (χ0) is 14.5. The molecule has 2 rings (SSSR count). The molecule has 1 aromatic rings. The highest BCUT2D eigenvalue weighted by molar-refractivity contribution is 5.89. The molecule has 0 aliphatic carbocycles. The summed E-state index contributed by atoms with van der Waals surface area (Å²) in [6.45, 7) is 1.36. The Morgan fingerprint density at radius 1 is 1.15 bits per heavy atom. The molecule has 5 heteroatoms. The molecule has 1 saturated heterocycles. The number of methoxy groups -OCH3 is 2. The number of esters is 1. The van der Waals surface area contributed by atoms with Crippen molar-refractivity contribution in [2.45, 2.75) is 18.8 Å². The topological polar surface area (TPSA) is 55.8 Å². The van der Waals surface area contributed by atoms with E-state index in [-0.39, 0.29) is 12.1 Å². The van der Waals surface area contributed by atoms with E-state index in [2.05, 4.69) is 0 Å². The average Bonchev–Trinajstić information content (AvgIpc) is 2.53. The monoisotopic (exact) mass is 277 g/mol. The van der Waals surface area contributed by atoms with Crippen molar-refractivity contribution < 1.29 is 19.1 Å². The Hall–Kier alpha value is -2.04. The van der Waals surface area contributed by atoms with Crippen LogP contribution in [0.4, 0.5) is 4.79 Å². The fourth-order valence-electron chi connectivity index (χ4n) is 2.56. The molecule has 1 heterocycles. The predicted molar refractivity (Wildman–Crippen MR) is 73.7 cm³/mol. The molecule has 1 aliphatic heterocycles. The number of nitrogens with zero attached hydrogens (tertiary/aromatic N) is 1. The van der Waals surface area contributed by atoms with Crippen LogP contribution in [0.1, 0.15) is 34.7 Å². The van der Waals surface area contributed by atoms with Crippen LogP contribution < -0.4 is 0 Å². The van der Waals surface area contributed by atoms with Crippen molar-refractivity contribution in [3.8, 4) is 0 Å². The van der Waals surface area contributed by atoms with Gasteiger partial charge in [0.1, 0.15) is 0 Å². The van der Waals surface area contributed by atoms with Crippen LogP contribution in [0.25, 0.3) is 0 Å². The van der Waals surface area contributed by atoms with E-state index >= 15 is 0 Å². The number of piperidine rings is 1. The molecule has 108 valence electrons. The molecule has 0 unspecified atom stereocenters. The lowest BCUT2D eigenvalue weighted by Crippen LogP contribution is -2.37. The lowest BCUT2D eigenvalue weighted by atomic mass is 9.89. The van der Waals surface area contributed by atoms with Crippen LogP contribution in [-0.2, 0) is 9.47 Å². The van der Waals surface area contributed by atoms with Gasteiger partial charge in [0.25, 0.3) is 0 Å². The second kappa shape index (κ2) is 6.41. The molecule has 0 spiro atoms. The van der Waals surface area contributed by atoms with Crippen LogP contribution in [0.15, 0.2) is 24.3 Å². The van der Waals surface area contributed by atoms with Crippen molar-refractivity contribution in [3.05, 3.63) is 35.4 Å². The third-order valence-corrected chi connectivity index (χ3v) is 3.71. The van der Waals surface area contributed by atoms with Gasteiger partial charge in [0.2, 0.25) is 0 Å². The number of carbonyl (C=O) groups is 2. The molecular weight excluding hydrogens is 258 g/mol. The maximum Gasteiger partial charge on any atom is 0.409 e. The van der Waals surface area contributed by atoms with Crippen molar-refractivity contribution in [2.24, 2.45) is 0 Å². The Bertz CT molecular complexity index is 492. The van der Waals surface area contributed by atoms with Gasteiger partial charge in [0, 0.05) is 13.1 Å². The van der Waals surface area contributed by atoms with E-state index in [0.29, 0.717) is 24.6 Å². The van der Waals surface area contributed by atoms with Gasteiger partial charge in [-0.2, -0.15) is 0 Å². The molecule has 0 radical (unpaired) electrons. The molecule has 1 fully saturated rings. The fraction of sp³-hybridized carbons (Fsp3) is 0.467. The van der Waals surface area contributed by atoms with Gasteiger partial charge >= 0.3 is 12.1 Å². The molecule has 0 saturated carbocycles. The highest BCUT2D eigenvalue weighted by Gasteiger charge is 2.24. The lowest BCUT2D eigenvalue weighted by Gasteiger charge is -2.31. The van der Waals surface area contributed by atoms with Crippen LogP contribution in [0.2, 0.25) is 0 Å². The van der Waals surface area contributed by atoms with E-state index in [1.54, 1.807) is 11.0 Å². The van der Waals surface area contributed by atoms with Crippen molar-refractivity contribution >= 4 is 12.1 Å². The number of hydrogen-bond acceptors (Lipinski definition) is 4. The first kappa shape index (κ1) is 14.4. The van der Waals surface area contributed by atoms with Crippen molar-refractivity contribution in [1.82, 2.24) is 4.90 Å². The standard InChI is InChI=1S/C15H19NO4/c1-19-14(17)13-5-3-4-12(10-13)11-6-8-16(9-7-11)15(18)20-2/h3-5,10-11H,6-9H2,1-2H3. The summed E-state index contributed by atoms with van der Waals surface area (Å²) in [6, 6.07) is 7.52. The summed E-state index contributed by atoms with van der Waals surface area (Å²) in [4.78, 5) is 24.7. The van der Waals surface area contributed by atoms with Gasteiger partial charge in [-0.05, 0) is 36.5 Å². The van der Waals surface area contributed by atoms with Gasteiger partial charge in [0.15, 0.2) is 0 Å². The number of rotatable bonds is 2. The third-order valence-electron chi connectivity index (χ3n) is 3.71. The third kappa shape index (κ3) is 3.10. The lowest BCUT2D eigenvalue weighted by molar-refractivity contribution is 0.0600. The van der Waals surface area contributed by atoms with Crippen LogP contribution in [0, 0.1) is 0 Å². The van der Waals surface area contributed by atoms with Gasteiger partial charge in [-0.1, -0.05) is 12.1 Å². The molecule has 1 amide bonds. The number of amides is 1. The summed E-state index contributed by atoms with van der Waals surface area (Å²) in [5, 5.41) is 0. The molecule has 0 atom stereocenters. The maximum absolute atomic E-state index is 11.5. The van der Waals surface area contributed by atoms with E-state index in [1.807, 2.05) is 18.2 Å². The minimum absolute atomic E-state index is 0.272. The Morgan fingerprint density at radius 3 is 2.45 bits per heavy atom. The highest BCUT2D eigenvalue weighted by atomic mass is 16.5. The van der Waals surface area contributed by atoms with Gasteiger partial charge in [-0.3, -0.25) is 0 Å². The van der Waals surface area contributed by atoms with E-state index in [4.69, 9.17) is 9.47 Å². The first-order chi connectivity index (χ1) is 9.65. The molecule has 0 bridgehead atoms. The van der Waals surface area contributed by atoms with Crippen LogP contribution in [0.5, 0.6) is 0 Å². The largest absolute Gasteiger partial charge is 0.465 e. The summed E-state index contributed by atoms with van der Waals surface area (Å²) in [7, 11) is 2.78. The first-order valence-corrected chi connectivity index (χ1v) is 6.67. The number of carbonyl (C=O) groups excluding carboxylic acids is 2. The van der Waals surface area contributed by atoms with E-state index < -0.39 is 0 Å². The smallest absolute Gasteiger partial charge is 0.409 e. The molecule has 1 aromatic carbocycles. The summed E-state index contributed by atoms with van der Waals surface area (Å²) >= 11 is 0. The van der Waals surface area contributed by atoms with Crippen LogP contribution in [-0.4, -0.2) is 44.3 Å². The summed E-state index contributed by atoms with van der Waals surface area (Å²) in [5.41, 5.74) is 1.69. The van der Waals surface area contributed by atoms with Gasteiger partial charge in [0.05, 0.1) is 19.8 Å². The summed E-state index contributed by atoms with van der Waals surface area (Å²) in [5.74, 6) is 0.0411. The van der Waals surface area contributed by atoms with Crippen molar-refractivity contribution in [2.75, 3.05) is 27.3 Å². The summed E-state index contributed by atoms with van der Waals surface area (Å²) in [6.07, 6.45) is 1.48. The van der Waals surface area contributed by atoms with E-state index in [0.717, 1.165) is 18.4 Å². The normalized spacial score (nSPS) is 15.8. The fourth-order valence-corrected chi connectivity index (χ4v) is 2.56. The van der Waals surface area contributed by atoms with Gasteiger partial charge in [-0.25, -0.2) is 9.59 Å². The number of benzene rings is 1. The summed E-state index contributed by atoms with van der Waals surface area (Å²) < 4.78 is 9.45. The maximum atomic E-state index is 11.5. The predicted octanol–water partition coefficient (Wildman–Crippen LogP) is 2.42. The van der Waals surface area contributed by atoms with E-state index in [1.165, 1.54) is 14.2 Å². The minimum Gasteiger partial charge on any atom is -0.465 e. The van der Waals surface area contributed by atoms with Crippen molar-refractivity contribution in [1.29, 1.82) is 0 Å². The molecule has 0 N–H and O–H groups in total. The first-order valence-electron chi connectivity index (χ1n) is 6.67. The van der Waals surface area contributed by atoms with Crippen LogP contribution >= 0.6 is 0 Å². The Morgan fingerprint density at radius 2 is 1.85 bits per heavy atom. The second-order valence-electron chi connectivity index (χ2n) is 4.85.